The average Bonchev–Trinajstić information content (AvgIpc) is 2.54. The summed E-state index contributed by atoms with van der Waals surface area (Å²) in [6.45, 7) is 5.76. The van der Waals surface area contributed by atoms with E-state index in [0.717, 1.165) is 37.2 Å². The van der Waals surface area contributed by atoms with Gasteiger partial charge in [0, 0.05) is 24.5 Å². The lowest BCUT2D eigenvalue weighted by Crippen LogP contribution is -2.48. The lowest BCUT2D eigenvalue weighted by Gasteiger charge is -2.37. The van der Waals surface area contributed by atoms with Crippen LogP contribution in [0.25, 0.3) is 0 Å². The van der Waals surface area contributed by atoms with Gasteiger partial charge in [0.25, 0.3) is 0 Å². The molecule has 0 bridgehead atoms. The van der Waals surface area contributed by atoms with Crippen LogP contribution in [0.1, 0.15) is 32.3 Å². The molecule has 1 heterocycles. The topological polar surface area (TPSA) is 41.6 Å². The Morgan fingerprint density at radius 3 is 2.48 bits per heavy atom. The number of rotatable bonds is 5. The highest BCUT2D eigenvalue weighted by molar-refractivity contribution is 5.85. The van der Waals surface area contributed by atoms with Gasteiger partial charge in [0.2, 0.25) is 5.91 Å². The number of piperidine rings is 1. The molecule has 0 aromatic heterocycles. The summed E-state index contributed by atoms with van der Waals surface area (Å²) >= 11 is 0. The van der Waals surface area contributed by atoms with Gasteiger partial charge in [-0.05, 0) is 37.9 Å². The molecule has 1 aliphatic rings. The molecule has 5 heteroatoms. The van der Waals surface area contributed by atoms with Crippen LogP contribution in [0.3, 0.4) is 0 Å². The van der Waals surface area contributed by atoms with E-state index in [1.807, 2.05) is 50.1 Å². The number of carbonyl (C=O) groups excluding carboxylic acids is 1. The Kier molecular flexibility index (Phi) is 7.36. The van der Waals surface area contributed by atoms with Crippen LogP contribution < -0.4 is 10.1 Å². The molecule has 1 saturated heterocycles. The van der Waals surface area contributed by atoms with Crippen LogP contribution in [0.5, 0.6) is 5.75 Å². The molecule has 1 N–H and O–H groups in total. The molecule has 23 heavy (non-hydrogen) atoms. The van der Waals surface area contributed by atoms with Crippen molar-refractivity contribution in [1.82, 2.24) is 10.2 Å². The first-order valence-electron chi connectivity index (χ1n) is 8.06. The first-order chi connectivity index (χ1) is 10.5. The quantitative estimate of drug-likeness (QED) is 0.896. The summed E-state index contributed by atoms with van der Waals surface area (Å²) in [5, 5.41) is 3.30. The van der Waals surface area contributed by atoms with Crippen molar-refractivity contribution in [3.63, 3.8) is 0 Å². The maximum atomic E-state index is 12.9. The van der Waals surface area contributed by atoms with Gasteiger partial charge in [-0.25, -0.2) is 0 Å². The van der Waals surface area contributed by atoms with Gasteiger partial charge >= 0.3 is 0 Å². The first kappa shape index (κ1) is 19.8. The minimum absolute atomic E-state index is 0. The molecule has 4 nitrogen and oxygen atoms in total. The van der Waals surface area contributed by atoms with Crippen LogP contribution >= 0.6 is 12.4 Å². The van der Waals surface area contributed by atoms with Gasteiger partial charge in [0.1, 0.15) is 5.75 Å². The molecule has 0 atom stereocenters. The Labute approximate surface area is 146 Å². The third-order valence-corrected chi connectivity index (χ3v) is 4.59. The largest absolute Gasteiger partial charge is 0.496 e. The van der Waals surface area contributed by atoms with E-state index in [9.17, 15) is 4.79 Å². The van der Waals surface area contributed by atoms with Gasteiger partial charge in [-0.15, -0.1) is 12.4 Å². The van der Waals surface area contributed by atoms with Crippen molar-refractivity contribution < 1.29 is 9.53 Å². The summed E-state index contributed by atoms with van der Waals surface area (Å²) in [6, 6.07) is 8.49. The van der Waals surface area contributed by atoms with Crippen molar-refractivity contribution in [3.8, 4) is 5.75 Å². The fourth-order valence-electron chi connectivity index (χ4n) is 3.20. The van der Waals surface area contributed by atoms with Crippen LogP contribution in [0.4, 0.5) is 0 Å². The number of nitrogens with one attached hydrogen (secondary N) is 1. The minimum Gasteiger partial charge on any atom is -0.496 e. The molecule has 0 spiro atoms. The molecule has 1 amide bonds. The number of benzene rings is 1. The minimum atomic E-state index is -0.416. The van der Waals surface area contributed by atoms with Gasteiger partial charge in [0.15, 0.2) is 0 Å². The third-order valence-electron chi connectivity index (χ3n) is 4.59. The highest BCUT2D eigenvalue weighted by Gasteiger charge is 2.34. The Bertz CT molecular complexity index is 511. The standard InChI is InChI=1S/C18H28N2O2.ClH/c1-18(2,13-14-7-5-6-8-16(14)22-4)17(21)20-11-9-15(19-3)10-12-20;/h5-8,15,19H,9-13H2,1-4H3;1H. The van der Waals surface area contributed by atoms with E-state index in [1.165, 1.54) is 0 Å². The SMILES string of the molecule is CNC1CCN(C(=O)C(C)(C)Cc2ccccc2OC)CC1.Cl. The van der Waals surface area contributed by atoms with E-state index < -0.39 is 5.41 Å². The van der Waals surface area contributed by atoms with Crippen LogP contribution in [-0.2, 0) is 11.2 Å². The van der Waals surface area contributed by atoms with Gasteiger partial charge in [-0.3, -0.25) is 4.79 Å². The van der Waals surface area contributed by atoms with E-state index in [1.54, 1.807) is 7.11 Å². The number of ether oxygens (including phenoxy) is 1. The van der Waals surface area contributed by atoms with Crippen LogP contribution in [0.2, 0.25) is 0 Å². The molecule has 1 fully saturated rings. The van der Waals surface area contributed by atoms with Crippen molar-refractivity contribution >= 4 is 18.3 Å². The molecule has 0 aliphatic carbocycles. The maximum Gasteiger partial charge on any atom is 0.228 e. The zero-order valence-electron chi connectivity index (χ0n) is 14.6. The second-order valence-corrected chi connectivity index (χ2v) is 6.73. The fraction of sp³-hybridized carbons (Fsp3) is 0.611. The van der Waals surface area contributed by atoms with E-state index in [-0.39, 0.29) is 18.3 Å². The Morgan fingerprint density at radius 1 is 1.30 bits per heavy atom. The monoisotopic (exact) mass is 340 g/mol. The predicted molar refractivity (Wildman–Crippen MR) is 96.4 cm³/mol. The van der Waals surface area contributed by atoms with E-state index >= 15 is 0 Å². The Balaban J connectivity index is 0.00000264. The number of halogens is 1. The summed E-state index contributed by atoms with van der Waals surface area (Å²) in [7, 11) is 3.67. The number of methoxy groups -OCH3 is 1. The lowest BCUT2D eigenvalue weighted by molar-refractivity contribution is -0.141. The first-order valence-corrected chi connectivity index (χ1v) is 8.06. The molecule has 0 saturated carbocycles. The molecule has 1 aromatic rings. The second kappa shape index (κ2) is 8.55. The van der Waals surface area contributed by atoms with Gasteiger partial charge in [-0.2, -0.15) is 0 Å². The number of para-hydroxylation sites is 1. The van der Waals surface area contributed by atoms with Crippen LogP contribution in [0, 0.1) is 5.41 Å². The number of likely N-dealkylation sites (tertiary alicyclic amines) is 1. The fourth-order valence-corrected chi connectivity index (χ4v) is 3.20. The zero-order valence-corrected chi connectivity index (χ0v) is 15.4. The molecule has 130 valence electrons. The summed E-state index contributed by atoms with van der Waals surface area (Å²) in [5.74, 6) is 1.10. The van der Waals surface area contributed by atoms with E-state index in [0.29, 0.717) is 12.5 Å². The van der Waals surface area contributed by atoms with Gasteiger partial charge in [-0.1, -0.05) is 32.0 Å². The third kappa shape index (κ3) is 4.85. The number of hydrogen-bond acceptors (Lipinski definition) is 3. The van der Waals surface area contributed by atoms with Gasteiger partial charge < -0.3 is 15.0 Å². The normalized spacial score (nSPS) is 15.9. The van der Waals surface area contributed by atoms with Gasteiger partial charge in [0.05, 0.1) is 7.11 Å². The van der Waals surface area contributed by atoms with E-state index in [2.05, 4.69) is 5.32 Å². The van der Waals surface area contributed by atoms with Crippen molar-refractivity contribution in [3.05, 3.63) is 29.8 Å². The second-order valence-electron chi connectivity index (χ2n) is 6.73. The van der Waals surface area contributed by atoms with E-state index in [4.69, 9.17) is 4.74 Å². The van der Waals surface area contributed by atoms with Crippen molar-refractivity contribution in [2.24, 2.45) is 5.41 Å². The lowest BCUT2D eigenvalue weighted by atomic mass is 9.83. The van der Waals surface area contributed by atoms with Crippen molar-refractivity contribution in [2.75, 3.05) is 27.2 Å². The zero-order chi connectivity index (χ0) is 16.2. The Morgan fingerprint density at radius 2 is 1.91 bits per heavy atom. The number of nitrogens with zero attached hydrogens (tertiary/aromatic N) is 1. The maximum absolute atomic E-state index is 12.9. The highest BCUT2D eigenvalue weighted by atomic mass is 35.5. The molecular formula is C18H29ClN2O2. The molecular weight excluding hydrogens is 312 g/mol. The summed E-state index contributed by atoms with van der Waals surface area (Å²) < 4.78 is 5.41. The van der Waals surface area contributed by atoms with Crippen LogP contribution in [0.15, 0.2) is 24.3 Å². The number of hydrogen-bond donors (Lipinski definition) is 1. The summed E-state index contributed by atoms with van der Waals surface area (Å²) in [6.07, 6.45) is 2.77. The van der Waals surface area contributed by atoms with Crippen LogP contribution in [-0.4, -0.2) is 44.1 Å². The highest BCUT2D eigenvalue weighted by Crippen LogP contribution is 2.30. The smallest absolute Gasteiger partial charge is 0.228 e. The summed E-state index contributed by atoms with van der Waals surface area (Å²) in [5.41, 5.74) is 0.676. The molecule has 1 aliphatic heterocycles. The number of amides is 1. The number of carbonyl (C=O) groups is 1. The van der Waals surface area contributed by atoms with Crippen molar-refractivity contribution in [1.29, 1.82) is 0 Å². The molecule has 2 rings (SSSR count). The predicted octanol–water partition coefficient (Wildman–Crippen LogP) is 2.90. The van der Waals surface area contributed by atoms with Crippen molar-refractivity contribution in [2.45, 2.75) is 39.2 Å². The average molecular weight is 341 g/mol. The Hall–Kier alpha value is -1.26. The molecule has 0 radical (unpaired) electrons. The molecule has 0 unspecified atom stereocenters. The summed E-state index contributed by atoms with van der Waals surface area (Å²) in [4.78, 5) is 14.9. The molecule has 1 aromatic carbocycles.